The number of ether oxygens (including phenoxy) is 1. The van der Waals surface area contributed by atoms with E-state index in [0.717, 1.165) is 17.7 Å². The van der Waals surface area contributed by atoms with Gasteiger partial charge in [-0.2, -0.15) is 0 Å². The van der Waals surface area contributed by atoms with E-state index < -0.39 is 12.1 Å². The Balaban J connectivity index is 2.80. The molecule has 1 aromatic carbocycles. The molecule has 0 aliphatic heterocycles. The predicted octanol–water partition coefficient (Wildman–Crippen LogP) is 2.35. The zero-order chi connectivity index (χ0) is 15.8. The molecule has 0 amide bonds. The minimum Gasteiger partial charge on any atom is -0.497 e. The molecule has 0 bridgehead atoms. The van der Waals surface area contributed by atoms with Crippen molar-refractivity contribution in [2.24, 2.45) is 0 Å². The SMILES string of the molecule is CCC(C)NC(CCC(=O)O)C(O)c1ccc(OC)cc1. The number of carboxylic acids is 1. The quantitative estimate of drug-likeness (QED) is 0.652. The van der Waals surface area contributed by atoms with E-state index in [2.05, 4.69) is 5.32 Å². The van der Waals surface area contributed by atoms with Crippen molar-refractivity contribution in [3.8, 4) is 5.75 Å². The van der Waals surface area contributed by atoms with Crippen LogP contribution in [0.2, 0.25) is 0 Å². The summed E-state index contributed by atoms with van der Waals surface area (Å²) in [6.45, 7) is 4.07. The smallest absolute Gasteiger partial charge is 0.303 e. The Morgan fingerprint density at radius 2 is 1.95 bits per heavy atom. The largest absolute Gasteiger partial charge is 0.497 e. The molecule has 0 spiro atoms. The normalized spacial score (nSPS) is 15.2. The van der Waals surface area contributed by atoms with Gasteiger partial charge in [0.2, 0.25) is 0 Å². The monoisotopic (exact) mass is 295 g/mol. The number of carbonyl (C=O) groups is 1. The van der Waals surface area contributed by atoms with Gasteiger partial charge in [-0.05, 0) is 37.5 Å². The average molecular weight is 295 g/mol. The first-order valence-corrected chi connectivity index (χ1v) is 7.27. The van der Waals surface area contributed by atoms with Crippen LogP contribution in [0, 0.1) is 0 Å². The summed E-state index contributed by atoms with van der Waals surface area (Å²) < 4.78 is 5.10. The van der Waals surface area contributed by atoms with Crippen LogP contribution in [0.3, 0.4) is 0 Å². The molecule has 5 nitrogen and oxygen atoms in total. The third-order valence-corrected chi connectivity index (χ3v) is 3.62. The van der Waals surface area contributed by atoms with Gasteiger partial charge in [-0.15, -0.1) is 0 Å². The molecule has 118 valence electrons. The zero-order valence-corrected chi connectivity index (χ0v) is 12.9. The molecule has 5 heteroatoms. The fourth-order valence-electron chi connectivity index (χ4n) is 2.13. The van der Waals surface area contributed by atoms with Gasteiger partial charge in [0.05, 0.1) is 13.2 Å². The molecular weight excluding hydrogens is 270 g/mol. The lowest BCUT2D eigenvalue weighted by atomic mass is 9.97. The highest BCUT2D eigenvalue weighted by molar-refractivity contribution is 5.66. The summed E-state index contributed by atoms with van der Waals surface area (Å²) in [6.07, 6.45) is 0.580. The van der Waals surface area contributed by atoms with E-state index in [1.807, 2.05) is 13.8 Å². The molecule has 0 radical (unpaired) electrons. The third kappa shape index (κ3) is 5.73. The molecule has 3 unspecified atom stereocenters. The summed E-state index contributed by atoms with van der Waals surface area (Å²) in [7, 11) is 1.59. The molecule has 1 rings (SSSR count). The van der Waals surface area contributed by atoms with E-state index in [9.17, 15) is 9.90 Å². The second-order valence-corrected chi connectivity index (χ2v) is 5.23. The maximum Gasteiger partial charge on any atom is 0.303 e. The van der Waals surface area contributed by atoms with Crippen molar-refractivity contribution < 1.29 is 19.7 Å². The van der Waals surface area contributed by atoms with Crippen LogP contribution in [-0.4, -0.2) is 35.4 Å². The fraction of sp³-hybridized carbons (Fsp3) is 0.562. The number of methoxy groups -OCH3 is 1. The highest BCUT2D eigenvalue weighted by atomic mass is 16.5. The highest BCUT2D eigenvalue weighted by Gasteiger charge is 2.22. The Labute approximate surface area is 125 Å². The predicted molar refractivity (Wildman–Crippen MR) is 81.5 cm³/mol. The van der Waals surface area contributed by atoms with Crippen molar-refractivity contribution in [1.29, 1.82) is 0 Å². The maximum absolute atomic E-state index is 10.8. The van der Waals surface area contributed by atoms with E-state index in [1.165, 1.54) is 0 Å². The summed E-state index contributed by atoms with van der Waals surface area (Å²) in [6, 6.07) is 7.11. The molecule has 0 saturated heterocycles. The van der Waals surface area contributed by atoms with Crippen molar-refractivity contribution in [3.05, 3.63) is 29.8 Å². The van der Waals surface area contributed by atoms with E-state index in [0.29, 0.717) is 6.42 Å². The summed E-state index contributed by atoms with van der Waals surface area (Å²) in [5.41, 5.74) is 0.752. The van der Waals surface area contributed by atoms with Gasteiger partial charge >= 0.3 is 5.97 Å². The van der Waals surface area contributed by atoms with Crippen molar-refractivity contribution >= 4 is 5.97 Å². The number of nitrogens with one attached hydrogen (secondary N) is 1. The van der Waals surface area contributed by atoms with Gasteiger partial charge in [0.15, 0.2) is 0 Å². The van der Waals surface area contributed by atoms with Gasteiger partial charge in [0.1, 0.15) is 5.75 Å². The molecule has 0 saturated carbocycles. The Bertz CT molecular complexity index is 432. The Kier molecular flexibility index (Phi) is 7.19. The first kappa shape index (κ1) is 17.5. The molecule has 21 heavy (non-hydrogen) atoms. The van der Waals surface area contributed by atoms with Gasteiger partial charge in [0, 0.05) is 18.5 Å². The summed E-state index contributed by atoms with van der Waals surface area (Å²) in [5, 5.41) is 22.7. The average Bonchev–Trinajstić information content (AvgIpc) is 2.50. The maximum atomic E-state index is 10.8. The Morgan fingerprint density at radius 1 is 1.33 bits per heavy atom. The number of aliphatic hydroxyl groups is 1. The van der Waals surface area contributed by atoms with Gasteiger partial charge in [-0.1, -0.05) is 19.1 Å². The molecule has 3 atom stereocenters. The second-order valence-electron chi connectivity index (χ2n) is 5.23. The van der Waals surface area contributed by atoms with E-state index in [4.69, 9.17) is 9.84 Å². The molecule has 0 aliphatic carbocycles. The first-order valence-electron chi connectivity index (χ1n) is 7.27. The first-order chi connectivity index (χ1) is 9.97. The summed E-state index contributed by atoms with van der Waals surface area (Å²) >= 11 is 0. The number of hydrogen-bond donors (Lipinski definition) is 3. The van der Waals surface area contributed by atoms with Crippen LogP contribution in [-0.2, 0) is 4.79 Å². The van der Waals surface area contributed by atoms with Gasteiger partial charge in [-0.25, -0.2) is 0 Å². The lowest BCUT2D eigenvalue weighted by Gasteiger charge is -2.27. The molecule has 3 N–H and O–H groups in total. The fourth-order valence-corrected chi connectivity index (χ4v) is 2.13. The van der Waals surface area contributed by atoms with Crippen molar-refractivity contribution in [1.82, 2.24) is 5.32 Å². The number of aliphatic carboxylic acids is 1. The summed E-state index contributed by atoms with van der Waals surface area (Å²) in [5.74, 6) is -0.129. The van der Waals surface area contributed by atoms with Gasteiger partial charge in [-0.3, -0.25) is 4.79 Å². The second kappa shape index (κ2) is 8.64. The number of rotatable bonds is 9. The summed E-state index contributed by atoms with van der Waals surface area (Å²) in [4.78, 5) is 10.8. The van der Waals surface area contributed by atoms with Gasteiger partial charge in [0.25, 0.3) is 0 Å². The van der Waals surface area contributed by atoms with Crippen molar-refractivity contribution in [3.63, 3.8) is 0 Å². The number of aliphatic hydroxyl groups excluding tert-OH is 1. The van der Waals surface area contributed by atoms with Crippen LogP contribution in [0.25, 0.3) is 0 Å². The molecule has 0 fully saturated rings. The molecular formula is C16H25NO4. The minimum atomic E-state index is -0.854. The van der Waals surface area contributed by atoms with Crippen molar-refractivity contribution in [2.75, 3.05) is 7.11 Å². The lowest BCUT2D eigenvalue weighted by molar-refractivity contribution is -0.137. The third-order valence-electron chi connectivity index (χ3n) is 3.62. The topological polar surface area (TPSA) is 78.8 Å². The van der Waals surface area contributed by atoms with Crippen LogP contribution in [0.4, 0.5) is 0 Å². The Morgan fingerprint density at radius 3 is 2.43 bits per heavy atom. The highest BCUT2D eigenvalue weighted by Crippen LogP contribution is 2.23. The Hall–Kier alpha value is -1.59. The number of benzene rings is 1. The van der Waals surface area contributed by atoms with Crippen LogP contribution in [0.5, 0.6) is 5.75 Å². The zero-order valence-electron chi connectivity index (χ0n) is 12.9. The minimum absolute atomic E-state index is 0.0291. The standard InChI is InChI=1S/C16H25NO4/c1-4-11(2)17-14(9-10-15(18)19)16(20)12-5-7-13(21-3)8-6-12/h5-8,11,14,16-17,20H,4,9-10H2,1-3H3,(H,18,19). The number of carboxylic acid groups (broad SMARTS) is 1. The molecule has 0 aliphatic rings. The van der Waals surface area contributed by atoms with Gasteiger partial charge < -0.3 is 20.3 Å². The van der Waals surface area contributed by atoms with Crippen LogP contribution >= 0.6 is 0 Å². The van der Waals surface area contributed by atoms with Crippen LogP contribution in [0.1, 0.15) is 44.8 Å². The van der Waals surface area contributed by atoms with Crippen molar-refractivity contribution in [2.45, 2.75) is 51.3 Å². The lowest BCUT2D eigenvalue weighted by Crippen LogP contribution is -2.40. The number of hydrogen-bond acceptors (Lipinski definition) is 4. The molecule has 0 heterocycles. The molecule has 0 aromatic heterocycles. The van der Waals surface area contributed by atoms with E-state index >= 15 is 0 Å². The molecule has 1 aromatic rings. The van der Waals surface area contributed by atoms with Crippen LogP contribution < -0.4 is 10.1 Å². The van der Waals surface area contributed by atoms with E-state index in [1.54, 1.807) is 31.4 Å². The van der Waals surface area contributed by atoms with E-state index in [-0.39, 0.29) is 18.5 Å². The van der Waals surface area contributed by atoms with Crippen LogP contribution in [0.15, 0.2) is 24.3 Å².